The lowest BCUT2D eigenvalue weighted by molar-refractivity contribution is -0.144. The number of carbonyl (C=O) groups excluding carboxylic acids is 1. The zero-order valence-corrected chi connectivity index (χ0v) is 16.7. The van der Waals surface area contributed by atoms with Gasteiger partial charge < -0.3 is 15.4 Å². The highest BCUT2D eigenvalue weighted by Crippen LogP contribution is 2.30. The van der Waals surface area contributed by atoms with Crippen LogP contribution in [0.2, 0.25) is 0 Å². The van der Waals surface area contributed by atoms with Crippen molar-refractivity contribution in [3.8, 4) is 0 Å². The van der Waals surface area contributed by atoms with Gasteiger partial charge in [-0.25, -0.2) is 4.98 Å². The zero-order chi connectivity index (χ0) is 22.0. The summed E-state index contributed by atoms with van der Waals surface area (Å²) >= 11 is 0. The molecule has 4 rings (SSSR count). The summed E-state index contributed by atoms with van der Waals surface area (Å²) < 4.78 is 39.0. The quantitative estimate of drug-likeness (QED) is 0.578. The first-order chi connectivity index (χ1) is 14.8. The fourth-order valence-electron chi connectivity index (χ4n) is 3.83. The van der Waals surface area contributed by atoms with Crippen LogP contribution in [0.4, 0.5) is 13.2 Å². The lowest BCUT2D eigenvalue weighted by Crippen LogP contribution is -2.43. The second-order valence-corrected chi connectivity index (χ2v) is 7.78. The second kappa shape index (κ2) is 8.68. The average Bonchev–Trinajstić information content (AvgIpc) is 3.18. The monoisotopic (exact) mass is 432 g/mol. The van der Waals surface area contributed by atoms with Gasteiger partial charge in [-0.3, -0.25) is 9.69 Å². The van der Waals surface area contributed by atoms with Gasteiger partial charge in [-0.1, -0.05) is 36.4 Å². The number of halogens is 3. The molecule has 0 spiro atoms. The molecule has 2 heterocycles. The fourth-order valence-corrected chi connectivity index (χ4v) is 3.83. The molecular weight excluding hydrogens is 409 g/mol. The maximum Gasteiger partial charge on any atom is 0.449 e. The number of nitrogens with one attached hydrogen (secondary N) is 2. The number of alkyl halides is 3. The number of fused-ring (bicyclic) bond motifs is 1. The van der Waals surface area contributed by atoms with Crippen molar-refractivity contribution >= 4 is 16.9 Å². The standard InChI is InChI=1S/C22H23F3N4O2/c23-22(24,25)21-26-17-7-6-15(12-18(17)27-21)20(14-4-2-1-3-5-14)28-19(31)13-29-10-8-16(30)9-11-29/h1-7,12,16,20,30H,8-11,13H2,(H,26,27)(H,28,31)/t20-/m0/s1. The van der Waals surface area contributed by atoms with E-state index in [1.165, 1.54) is 6.07 Å². The number of aromatic amines is 1. The number of imidazole rings is 1. The van der Waals surface area contributed by atoms with Crippen molar-refractivity contribution in [2.24, 2.45) is 0 Å². The number of aliphatic hydroxyl groups excluding tert-OH is 1. The van der Waals surface area contributed by atoms with E-state index in [0.29, 0.717) is 31.5 Å². The molecule has 1 saturated heterocycles. The summed E-state index contributed by atoms with van der Waals surface area (Å²) in [6.07, 6.45) is -3.62. The van der Waals surface area contributed by atoms with Gasteiger partial charge >= 0.3 is 6.18 Å². The van der Waals surface area contributed by atoms with Crippen molar-refractivity contribution in [3.63, 3.8) is 0 Å². The van der Waals surface area contributed by atoms with Gasteiger partial charge in [0.05, 0.1) is 29.7 Å². The number of H-pyrrole nitrogens is 1. The van der Waals surface area contributed by atoms with Gasteiger partial charge in [0.2, 0.25) is 11.7 Å². The van der Waals surface area contributed by atoms with Crippen LogP contribution >= 0.6 is 0 Å². The molecule has 0 saturated carbocycles. The van der Waals surface area contributed by atoms with E-state index in [-0.39, 0.29) is 29.6 Å². The molecule has 1 aliphatic rings. The summed E-state index contributed by atoms with van der Waals surface area (Å²) in [6.45, 7) is 1.48. The molecule has 9 heteroatoms. The molecule has 0 unspecified atom stereocenters. The molecule has 3 aromatic rings. The van der Waals surface area contributed by atoms with Crippen LogP contribution in [0.5, 0.6) is 0 Å². The van der Waals surface area contributed by atoms with Gasteiger partial charge in [-0.2, -0.15) is 13.2 Å². The Kier molecular flexibility index (Phi) is 5.97. The zero-order valence-electron chi connectivity index (χ0n) is 16.7. The molecule has 3 N–H and O–H groups in total. The molecule has 31 heavy (non-hydrogen) atoms. The van der Waals surface area contributed by atoms with Crippen LogP contribution in [0, 0.1) is 0 Å². The van der Waals surface area contributed by atoms with E-state index in [1.54, 1.807) is 12.1 Å². The Morgan fingerprint density at radius 2 is 1.87 bits per heavy atom. The molecule has 1 aromatic heterocycles. The van der Waals surface area contributed by atoms with Gasteiger partial charge in [0, 0.05) is 13.1 Å². The number of likely N-dealkylation sites (tertiary alicyclic amines) is 1. The van der Waals surface area contributed by atoms with Crippen LogP contribution < -0.4 is 5.32 Å². The first-order valence-electron chi connectivity index (χ1n) is 10.1. The van der Waals surface area contributed by atoms with E-state index in [1.807, 2.05) is 35.2 Å². The maximum absolute atomic E-state index is 13.0. The summed E-state index contributed by atoms with van der Waals surface area (Å²) in [4.78, 5) is 20.7. The molecule has 1 fully saturated rings. The minimum atomic E-state index is -4.56. The lowest BCUT2D eigenvalue weighted by Gasteiger charge is -2.29. The largest absolute Gasteiger partial charge is 0.449 e. The van der Waals surface area contributed by atoms with Gasteiger partial charge in [0.15, 0.2) is 0 Å². The highest BCUT2D eigenvalue weighted by molar-refractivity contribution is 5.80. The van der Waals surface area contributed by atoms with Crippen LogP contribution in [-0.2, 0) is 11.0 Å². The predicted octanol–water partition coefficient (Wildman–Crippen LogP) is 3.24. The van der Waals surface area contributed by atoms with E-state index >= 15 is 0 Å². The normalized spacial score (nSPS) is 17.0. The van der Waals surface area contributed by atoms with Crippen molar-refractivity contribution in [1.29, 1.82) is 0 Å². The Morgan fingerprint density at radius 1 is 1.16 bits per heavy atom. The van der Waals surface area contributed by atoms with E-state index < -0.39 is 18.0 Å². The smallest absolute Gasteiger partial charge is 0.393 e. The molecular formula is C22H23F3N4O2. The number of rotatable bonds is 5. The molecule has 1 aliphatic heterocycles. The number of carbonyl (C=O) groups is 1. The Bertz CT molecular complexity index is 1040. The number of piperidine rings is 1. The van der Waals surface area contributed by atoms with Crippen molar-refractivity contribution in [3.05, 3.63) is 65.5 Å². The van der Waals surface area contributed by atoms with E-state index in [4.69, 9.17) is 0 Å². The van der Waals surface area contributed by atoms with Crippen LogP contribution in [0.15, 0.2) is 48.5 Å². The van der Waals surface area contributed by atoms with Gasteiger partial charge in [-0.15, -0.1) is 0 Å². The molecule has 6 nitrogen and oxygen atoms in total. The summed E-state index contributed by atoms with van der Waals surface area (Å²) in [6, 6.07) is 13.5. The van der Waals surface area contributed by atoms with Crippen LogP contribution in [0.1, 0.15) is 35.8 Å². The first-order valence-corrected chi connectivity index (χ1v) is 10.1. The molecule has 1 atom stereocenters. The third kappa shape index (κ3) is 5.05. The Labute approximate surface area is 177 Å². The number of hydrogen-bond donors (Lipinski definition) is 3. The molecule has 0 radical (unpaired) electrons. The predicted molar refractivity (Wildman–Crippen MR) is 109 cm³/mol. The van der Waals surface area contributed by atoms with Crippen molar-refractivity contribution in [1.82, 2.24) is 20.2 Å². The Hall–Kier alpha value is -2.91. The molecule has 1 amide bonds. The highest BCUT2D eigenvalue weighted by Gasteiger charge is 2.34. The average molecular weight is 432 g/mol. The van der Waals surface area contributed by atoms with Crippen molar-refractivity contribution < 1.29 is 23.1 Å². The summed E-state index contributed by atoms with van der Waals surface area (Å²) in [7, 11) is 0. The number of aromatic nitrogens is 2. The van der Waals surface area contributed by atoms with E-state index in [2.05, 4.69) is 15.3 Å². The number of amides is 1. The Morgan fingerprint density at radius 3 is 2.55 bits per heavy atom. The number of aliphatic hydroxyl groups is 1. The number of benzene rings is 2. The summed E-state index contributed by atoms with van der Waals surface area (Å²) in [5.74, 6) is -1.24. The van der Waals surface area contributed by atoms with Gasteiger partial charge in [-0.05, 0) is 36.1 Å². The van der Waals surface area contributed by atoms with Gasteiger partial charge in [0.1, 0.15) is 0 Å². The Balaban J connectivity index is 1.58. The summed E-state index contributed by atoms with van der Waals surface area (Å²) in [5, 5.41) is 12.6. The van der Waals surface area contributed by atoms with Crippen LogP contribution in [0.3, 0.4) is 0 Å². The highest BCUT2D eigenvalue weighted by atomic mass is 19.4. The van der Waals surface area contributed by atoms with Gasteiger partial charge in [0.25, 0.3) is 0 Å². The first kappa shape index (κ1) is 21.3. The minimum absolute atomic E-state index is 0.189. The topological polar surface area (TPSA) is 81.2 Å². The third-order valence-electron chi connectivity index (χ3n) is 5.47. The summed E-state index contributed by atoms with van der Waals surface area (Å²) in [5.41, 5.74) is 1.93. The van der Waals surface area contributed by atoms with E-state index in [9.17, 15) is 23.1 Å². The molecule has 0 bridgehead atoms. The van der Waals surface area contributed by atoms with Crippen molar-refractivity contribution in [2.75, 3.05) is 19.6 Å². The SMILES string of the molecule is O=C(CN1CCC(O)CC1)N[C@@H](c1ccccc1)c1ccc2nc(C(F)(F)F)[nH]c2c1. The number of nitrogens with zero attached hydrogens (tertiary/aromatic N) is 2. The second-order valence-electron chi connectivity index (χ2n) is 7.78. The minimum Gasteiger partial charge on any atom is -0.393 e. The molecule has 0 aliphatic carbocycles. The van der Waals surface area contributed by atoms with Crippen molar-refractivity contribution in [2.45, 2.75) is 31.2 Å². The maximum atomic E-state index is 13.0. The lowest BCUT2D eigenvalue weighted by atomic mass is 9.98. The third-order valence-corrected chi connectivity index (χ3v) is 5.47. The number of hydrogen-bond acceptors (Lipinski definition) is 4. The van der Waals surface area contributed by atoms with Crippen LogP contribution in [-0.4, -0.2) is 51.6 Å². The molecule has 164 valence electrons. The fraction of sp³-hybridized carbons (Fsp3) is 0.364. The van der Waals surface area contributed by atoms with E-state index in [0.717, 1.165) is 5.56 Å². The molecule has 2 aromatic carbocycles. The van der Waals surface area contributed by atoms with Crippen LogP contribution in [0.25, 0.3) is 11.0 Å².